The van der Waals surface area contributed by atoms with Gasteiger partial charge in [0.15, 0.2) is 0 Å². The van der Waals surface area contributed by atoms with Crippen molar-refractivity contribution in [1.29, 1.82) is 0 Å². The minimum absolute atomic E-state index is 0.469. The monoisotopic (exact) mass is 308 g/mol. The average molecular weight is 308 g/mol. The van der Waals surface area contributed by atoms with Crippen LogP contribution in [0.2, 0.25) is 0 Å². The molecule has 0 N–H and O–H groups in total. The first-order valence-corrected chi connectivity index (χ1v) is 8.89. The average Bonchev–Trinajstić information content (AvgIpc) is 2.96. The fourth-order valence-electron chi connectivity index (χ4n) is 2.98. The summed E-state index contributed by atoms with van der Waals surface area (Å²) in [6, 6.07) is 0. The third-order valence-electron chi connectivity index (χ3n) is 4.21. The molecule has 1 aromatic heterocycles. The van der Waals surface area contributed by atoms with Gasteiger partial charge in [0.25, 0.3) is 6.33 Å². The van der Waals surface area contributed by atoms with Gasteiger partial charge in [0.1, 0.15) is 12.4 Å². The van der Waals surface area contributed by atoms with Crippen molar-refractivity contribution in [3.8, 4) is 0 Å². The lowest BCUT2D eigenvalue weighted by Crippen LogP contribution is -2.39. The molecule has 0 radical (unpaired) electrons. The predicted molar refractivity (Wildman–Crippen MR) is 80.7 cm³/mol. The van der Waals surface area contributed by atoms with Crippen LogP contribution in [-0.4, -0.2) is 29.8 Å². The van der Waals surface area contributed by atoms with Gasteiger partial charge in [0.2, 0.25) is 0 Å². The second-order valence-corrected chi connectivity index (χ2v) is 7.56. The van der Waals surface area contributed by atoms with Gasteiger partial charge in [-0.1, -0.05) is 12.2 Å². The van der Waals surface area contributed by atoms with Crippen LogP contribution >= 0.6 is 0 Å². The number of aromatic nitrogens is 2. The van der Waals surface area contributed by atoms with E-state index in [-0.39, 0.29) is 0 Å². The van der Waals surface area contributed by atoms with Gasteiger partial charge in [0.05, 0.1) is 7.05 Å². The summed E-state index contributed by atoms with van der Waals surface area (Å²) < 4.78 is 29.6. The quantitative estimate of drug-likeness (QED) is 0.795. The fraction of sp³-hybridized carbons (Fsp3) is 0.533. The molecular formula is C15H22N3O2S+. The molecule has 0 aromatic carbocycles. The largest absolute Gasteiger partial charge is 0.380 e. The lowest BCUT2D eigenvalue weighted by atomic mass is 9.91. The molecule has 2 heterocycles. The van der Waals surface area contributed by atoms with Crippen LogP contribution in [0.1, 0.15) is 32.1 Å². The first kappa shape index (κ1) is 14.5. The van der Waals surface area contributed by atoms with Crippen molar-refractivity contribution in [3.05, 3.63) is 42.0 Å². The number of hydrogen-bond acceptors (Lipinski definition) is 2. The van der Waals surface area contributed by atoms with Crippen LogP contribution in [0.15, 0.2) is 42.0 Å². The molecule has 0 amide bonds. The summed E-state index contributed by atoms with van der Waals surface area (Å²) in [5.41, 5.74) is 2.78. The molecule has 1 aromatic rings. The van der Waals surface area contributed by atoms with E-state index in [1.165, 1.54) is 28.0 Å². The highest BCUT2D eigenvalue weighted by atomic mass is 32.2. The third-order valence-corrected chi connectivity index (χ3v) is 5.95. The van der Waals surface area contributed by atoms with Gasteiger partial charge < -0.3 is 0 Å². The smallest absolute Gasteiger partial charge is 0.238 e. The van der Waals surface area contributed by atoms with Crippen molar-refractivity contribution in [3.63, 3.8) is 0 Å². The normalized spacial score (nSPS) is 21.0. The van der Waals surface area contributed by atoms with E-state index in [1.807, 2.05) is 7.05 Å². The second kappa shape index (κ2) is 5.77. The molecule has 0 bridgehead atoms. The van der Waals surface area contributed by atoms with E-state index in [9.17, 15) is 8.42 Å². The SMILES string of the molecule is C[n+]1ccn(S(=O)(=O)N2CC=C(C3=CCCCC3)CC2)c1. The number of imidazole rings is 1. The van der Waals surface area contributed by atoms with Gasteiger partial charge >= 0.3 is 10.2 Å². The molecule has 1 aliphatic heterocycles. The summed E-state index contributed by atoms with van der Waals surface area (Å²) in [5, 5.41) is 0. The lowest BCUT2D eigenvalue weighted by molar-refractivity contribution is -0.670. The number of allylic oxidation sites excluding steroid dienone is 2. The number of hydrogen-bond donors (Lipinski definition) is 0. The highest BCUT2D eigenvalue weighted by molar-refractivity contribution is 7.87. The minimum atomic E-state index is -3.43. The third kappa shape index (κ3) is 2.96. The topological polar surface area (TPSA) is 46.2 Å². The maximum absolute atomic E-state index is 12.5. The lowest BCUT2D eigenvalue weighted by Gasteiger charge is -2.25. The summed E-state index contributed by atoms with van der Waals surface area (Å²) in [5.74, 6) is 0. The van der Waals surface area contributed by atoms with Crippen molar-refractivity contribution in [2.45, 2.75) is 32.1 Å². The van der Waals surface area contributed by atoms with Crippen LogP contribution in [0, 0.1) is 0 Å². The molecule has 3 rings (SSSR count). The van der Waals surface area contributed by atoms with Gasteiger partial charge in [-0.3, -0.25) is 0 Å². The molecule has 1 aliphatic carbocycles. The molecule has 114 valence electrons. The van der Waals surface area contributed by atoms with Crippen LogP contribution < -0.4 is 4.57 Å². The zero-order valence-corrected chi connectivity index (χ0v) is 13.2. The second-order valence-electron chi connectivity index (χ2n) is 5.73. The fourth-order valence-corrected chi connectivity index (χ4v) is 4.31. The van der Waals surface area contributed by atoms with Crippen LogP contribution in [-0.2, 0) is 17.3 Å². The molecule has 0 fully saturated rings. The molecule has 2 aliphatic rings. The standard InChI is InChI=1S/C15H22N3O2S/c1-16-11-12-18(13-16)21(19,20)17-9-7-15(8-10-17)14-5-3-2-4-6-14/h5,7,11-13H,2-4,6,8-10H2,1H3/q+1. The highest BCUT2D eigenvalue weighted by Gasteiger charge is 2.30. The molecule has 0 atom stereocenters. The van der Waals surface area contributed by atoms with Crippen molar-refractivity contribution < 1.29 is 13.0 Å². The van der Waals surface area contributed by atoms with Crippen molar-refractivity contribution in [2.24, 2.45) is 7.05 Å². The number of aryl methyl sites for hydroxylation is 1. The predicted octanol–water partition coefficient (Wildman–Crippen LogP) is 1.54. The Bertz CT molecular complexity index is 686. The van der Waals surface area contributed by atoms with E-state index in [2.05, 4.69) is 12.2 Å². The zero-order valence-electron chi connectivity index (χ0n) is 12.4. The molecule has 0 spiro atoms. The van der Waals surface area contributed by atoms with E-state index >= 15 is 0 Å². The summed E-state index contributed by atoms with van der Waals surface area (Å²) >= 11 is 0. The summed E-state index contributed by atoms with van der Waals surface area (Å²) in [7, 11) is -1.61. The van der Waals surface area contributed by atoms with Crippen molar-refractivity contribution in [2.75, 3.05) is 13.1 Å². The van der Waals surface area contributed by atoms with Crippen molar-refractivity contribution >= 4 is 10.2 Å². The van der Waals surface area contributed by atoms with Crippen LogP contribution in [0.25, 0.3) is 0 Å². The number of nitrogens with zero attached hydrogens (tertiary/aromatic N) is 3. The zero-order chi connectivity index (χ0) is 14.9. The molecule has 5 nitrogen and oxygen atoms in total. The molecule has 21 heavy (non-hydrogen) atoms. The van der Waals surface area contributed by atoms with Gasteiger partial charge in [-0.05, 0) is 43.3 Å². The molecule has 0 unspecified atom stereocenters. The Morgan fingerprint density at radius 3 is 2.52 bits per heavy atom. The van der Waals surface area contributed by atoms with Crippen LogP contribution in [0.5, 0.6) is 0 Å². The maximum Gasteiger partial charge on any atom is 0.380 e. The van der Waals surface area contributed by atoms with Gasteiger partial charge in [-0.25, -0.2) is 4.57 Å². The van der Waals surface area contributed by atoms with Crippen LogP contribution in [0.3, 0.4) is 0 Å². The van der Waals surface area contributed by atoms with E-state index in [0.29, 0.717) is 13.1 Å². The van der Waals surface area contributed by atoms with Gasteiger partial charge in [0, 0.05) is 13.1 Å². The Hall–Kier alpha value is -1.40. The summed E-state index contributed by atoms with van der Waals surface area (Å²) in [6.07, 6.45) is 15.0. The highest BCUT2D eigenvalue weighted by Crippen LogP contribution is 2.28. The maximum atomic E-state index is 12.5. The van der Waals surface area contributed by atoms with Gasteiger partial charge in [-0.15, -0.1) is 3.97 Å². The van der Waals surface area contributed by atoms with Crippen LogP contribution in [0.4, 0.5) is 0 Å². The first-order valence-electron chi connectivity index (χ1n) is 7.50. The Labute approximate surface area is 126 Å². The first-order chi connectivity index (χ1) is 10.1. The summed E-state index contributed by atoms with van der Waals surface area (Å²) in [4.78, 5) is 0. The molecule has 0 saturated carbocycles. The number of rotatable bonds is 3. The molecule has 6 heteroatoms. The molecular weight excluding hydrogens is 286 g/mol. The Balaban J connectivity index is 1.75. The Morgan fingerprint density at radius 1 is 1.14 bits per heavy atom. The van der Waals surface area contributed by atoms with E-state index in [1.54, 1.807) is 27.6 Å². The van der Waals surface area contributed by atoms with Crippen molar-refractivity contribution in [1.82, 2.24) is 8.28 Å². The molecule has 0 saturated heterocycles. The van der Waals surface area contributed by atoms with E-state index in [0.717, 1.165) is 19.3 Å². The Kier molecular flexibility index (Phi) is 3.99. The minimum Gasteiger partial charge on any atom is -0.238 e. The summed E-state index contributed by atoms with van der Waals surface area (Å²) in [6.45, 7) is 1.03. The van der Waals surface area contributed by atoms with Gasteiger partial charge in [-0.2, -0.15) is 12.7 Å². The Morgan fingerprint density at radius 2 is 1.95 bits per heavy atom. The van der Waals surface area contributed by atoms with E-state index < -0.39 is 10.2 Å². The van der Waals surface area contributed by atoms with E-state index in [4.69, 9.17) is 0 Å².